The topological polar surface area (TPSA) is 48.1 Å². The average molecular weight is 470 g/mol. The average Bonchev–Trinajstić information content (AvgIpc) is 2.68. The summed E-state index contributed by atoms with van der Waals surface area (Å²) in [4.78, 5) is 19.2. The molecular formula is C20H35Cl3N4O2. The van der Waals surface area contributed by atoms with Gasteiger partial charge < -0.3 is 24.8 Å². The maximum absolute atomic E-state index is 12.7. The molecule has 1 amide bonds. The van der Waals surface area contributed by atoms with Crippen LogP contribution in [0.3, 0.4) is 0 Å². The molecule has 3 rings (SSSR count). The number of likely N-dealkylation sites (N-methyl/N-ethyl adjacent to an activating group) is 1. The molecule has 1 N–H and O–H groups in total. The molecule has 29 heavy (non-hydrogen) atoms. The zero-order valence-electron chi connectivity index (χ0n) is 17.3. The van der Waals surface area contributed by atoms with Crippen molar-refractivity contribution in [1.29, 1.82) is 0 Å². The van der Waals surface area contributed by atoms with Crippen molar-refractivity contribution >= 4 is 48.8 Å². The van der Waals surface area contributed by atoms with Crippen LogP contribution in [0, 0.1) is 0 Å². The summed E-state index contributed by atoms with van der Waals surface area (Å²) in [5.41, 5.74) is 1.13. The van der Waals surface area contributed by atoms with Crippen LogP contribution in [0.5, 0.6) is 5.75 Å². The number of carbonyl (C=O) groups is 1. The second kappa shape index (κ2) is 14.1. The van der Waals surface area contributed by atoms with Crippen LogP contribution in [0.15, 0.2) is 24.3 Å². The van der Waals surface area contributed by atoms with Crippen molar-refractivity contribution < 1.29 is 9.53 Å². The highest BCUT2D eigenvalue weighted by Gasteiger charge is 2.28. The Balaban J connectivity index is 0.00000261. The summed E-state index contributed by atoms with van der Waals surface area (Å²) < 4.78 is 6.00. The smallest absolute Gasteiger partial charge is 0.239 e. The third-order valence-electron chi connectivity index (χ3n) is 5.20. The summed E-state index contributed by atoms with van der Waals surface area (Å²) in [6, 6.07) is 8.25. The van der Waals surface area contributed by atoms with Crippen LogP contribution in [0.2, 0.25) is 0 Å². The van der Waals surface area contributed by atoms with Crippen molar-refractivity contribution in [2.75, 3.05) is 64.9 Å². The molecule has 6 nitrogen and oxygen atoms in total. The van der Waals surface area contributed by atoms with Crippen molar-refractivity contribution in [3.8, 4) is 5.75 Å². The van der Waals surface area contributed by atoms with E-state index in [9.17, 15) is 4.79 Å². The first-order chi connectivity index (χ1) is 12.6. The predicted octanol–water partition coefficient (Wildman–Crippen LogP) is 2.68. The van der Waals surface area contributed by atoms with Gasteiger partial charge in [-0.25, -0.2) is 0 Å². The van der Waals surface area contributed by atoms with Gasteiger partial charge in [0.15, 0.2) is 0 Å². The first-order valence-corrected chi connectivity index (χ1v) is 9.79. The van der Waals surface area contributed by atoms with Gasteiger partial charge in [-0.05, 0) is 45.6 Å². The van der Waals surface area contributed by atoms with Gasteiger partial charge in [0.2, 0.25) is 5.91 Å². The Morgan fingerprint density at radius 2 is 1.79 bits per heavy atom. The van der Waals surface area contributed by atoms with Crippen LogP contribution in [0.25, 0.3) is 0 Å². The van der Waals surface area contributed by atoms with E-state index < -0.39 is 0 Å². The molecule has 1 aromatic carbocycles. The van der Waals surface area contributed by atoms with Crippen LogP contribution in [0.4, 0.5) is 5.69 Å². The molecule has 0 spiro atoms. The molecular weight excluding hydrogens is 435 g/mol. The Hall–Kier alpha value is -0.920. The van der Waals surface area contributed by atoms with Crippen LogP contribution in [0.1, 0.15) is 19.3 Å². The minimum Gasteiger partial charge on any atom is -0.490 e. The molecule has 2 heterocycles. The number of hydrogen-bond acceptors (Lipinski definition) is 5. The van der Waals surface area contributed by atoms with E-state index in [4.69, 9.17) is 4.74 Å². The van der Waals surface area contributed by atoms with E-state index in [-0.39, 0.29) is 49.2 Å². The first-order valence-electron chi connectivity index (χ1n) is 9.79. The van der Waals surface area contributed by atoms with Crippen molar-refractivity contribution in [3.05, 3.63) is 24.3 Å². The number of nitrogens with one attached hydrogen (secondary N) is 1. The standard InChI is InChI=1S/C20H32N4O2.3ClH/c1-22(2)15-16-26-19-9-4-3-8-18(19)23-11-13-24(14-12-23)20(25)17-7-5-6-10-21-17;;;/h3-4,8-9,17,21H,5-7,10-16H2,1-2H3;3*1H/t17-;;;/m1.../s1. The summed E-state index contributed by atoms with van der Waals surface area (Å²) in [7, 11) is 4.10. The fraction of sp³-hybridized carbons (Fsp3) is 0.650. The SMILES string of the molecule is CN(C)CCOc1ccccc1N1CCN(C(=O)[C@H]2CCCCN2)CC1.Cl.Cl.Cl. The summed E-state index contributed by atoms with van der Waals surface area (Å²) in [5, 5.41) is 3.37. The van der Waals surface area contributed by atoms with Gasteiger partial charge >= 0.3 is 0 Å². The largest absolute Gasteiger partial charge is 0.490 e. The second-order valence-corrected chi connectivity index (χ2v) is 7.43. The van der Waals surface area contributed by atoms with Gasteiger partial charge in [0.1, 0.15) is 12.4 Å². The summed E-state index contributed by atoms with van der Waals surface area (Å²) in [6.45, 7) is 5.81. The number of benzene rings is 1. The maximum atomic E-state index is 12.7. The normalized spacial score (nSPS) is 18.9. The fourth-order valence-electron chi connectivity index (χ4n) is 3.63. The quantitative estimate of drug-likeness (QED) is 0.694. The van der Waals surface area contributed by atoms with Gasteiger partial charge in [-0.3, -0.25) is 4.79 Å². The zero-order valence-corrected chi connectivity index (χ0v) is 19.8. The van der Waals surface area contributed by atoms with Gasteiger partial charge in [-0.1, -0.05) is 18.6 Å². The fourth-order valence-corrected chi connectivity index (χ4v) is 3.63. The van der Waals surface area contributed by atoms with Crippen LogP contribution in [-0.2, 0) is 4.79 Å². The lowest BCUT2D eigenvalue weighted by Gasteiger charge is -2.38. The van der Waals surface area contributed by atoms with E-state index in [0.29, 0.717) is 6.61 Å². The zero-order chi connectivity index (χ0) is 18.4. The number of hydrogen-bond donors (Lipinski definition) is 1. The van der Waals surface area contributed by atoms with Crippen molar-refractivity contribution in [2.24, 2.45) is 0 Å². The number of halogens is 3. The number of nitrogens with zero attached hydrogens (tertiary/aromatic N) is 3. The van der Waals surface area contributed by atoms with Gasteiger partial charge in [0.05, 0.1) is 11.7 Å². The molecule has 0 radical (unpaired) electrons. The Morgan fingerprint density at radius 1 is 1.10 bits per heavy atom. The highest BCUT2D eigenvalue weighted by atomic mass is 35.5. The van der Waals surface area contributed by atoms with E-state index in [2.05, 4.69) is 27.2 Å². The van der Waals surface area contributed by atoms with Gasteiger partial charge in [0, 0.05) is 32.7 Å². The number of piperazine rings is 1. The molecule has 0 unspecified atom stereocenters. The van der Waals surface area contributed by atoms with Gasteiger partial charge in [-0.15, -0.1) is 37.2 Å². The number of anilines is 1. The Morgan fingerprint density at radius 3 is 2.41 bits per heavy atom. The van der Waals surface area contributed by atoms with E-state index in [1.807, 2.05) is 31.1 Å². The molecule has 0 aromatic heterocycles. The van der Waals surface area contributed by atoms with E-state index >= 15 is 0 Å². The van der Waals surface area contributed by atoms with Gasteiger partial charge in [-0.2, -0.15) is 0 Å². The van der Waals surface area contributed by atoms with E-state index in [0.717, 1.165) is 63.5 Å². The first kappa shape index (κ1) is 28.1. The number of ether oxygens (including phenoxy) is 1. The van der Waals surface area contributed by atoms with Crippen LogP contribution >= 0.6 is 37.2 Å². The molecule has 1 atom stereocenters. The van der Waals surface area contributed by atoms with Crippen LogP contribution < -0.4 is 15.0 Å². The lowest BCUT2D eigenvalue weighted by molar-refractivity contribution is -0.134. The lowest BCUT2D eigenvalue weighted by atomic mass is 10.0. The van der Waals surface area contributed by atoms with E-state index in [1.54, 1.807) is 0 Å². The number of amides is 1. The van der Waals surface area contributed by atoms with Crippen LogP contribution in [-0.4, -0.2) is 81.7 Å². The molecule has 2 fully saturated rings. The van der Waals surface area contributed by atoms with Crippen molar-refractivity contribution in [2.45, 2.75) is 25.3 Å². The molecule has 2 aliphatic heterocycles. The number of piperidine rings is 1. The molecule has 2 saturated heterocycles. The molecule has 0 saturated carbocycles. The second-order valence-electron chi connectivity index (χ2n) is 7.43. The molecule has 1 aromatic rings. The molecule has 0 bridgehead atoms. The Kier molecular flexibility index (Phi) is 13.7. The van der Waals surface area contributed by atoms with E-state index in [1.165, 1.54) is 6.42 Å². The Labute approximate surface area is 193 Å². The third kappa shape index (κ3) is 8.02. The minimum atomic E-state index is 0. The monoisotopic (exact) mass is 468 g/mol. The highest BCUT2D eigenvalue weighted by Crippen LogP contribution is 2.29. The predicted molar refractivity (Wildman–Crippen MR) is 127 cm³/mol. The Bertz CT molecular complexity index is 593. The minimum absolute atomic E-state index is 0. The molecule has 168 valence electrons. The third-order valence-corrected chi connectivity index (χ3v) is 5.20. The summed E-state index contributed by atoms with van der Waals surface area (Å²) in [6.07, 6.45) is 3.31. The van der Waals surface area contributed by atoms with Gasteiger partial charge in [0.25, 0.3) is 0 Å². The van der Waals surface area contributed by atoms with Crippen molar-refractivity contribution in [1.82, 2.24) is 15.1 Å². The molecule has 9 heteroatoms. The number of rotatable bonds is 6. The van der Waals surface area contributed by atoms with Crippen molar-refractivity contribution in [3.63, 3.8) is 0 Å². The maximum Gasteiger partial charge on any atom is 0.239 e. The summed E-state index contributed by atoms with van der Waals surface area (Å²) in [5.74, 6) is 1.21. The molecule has 2 aliphatic rings. The molecule has 0 aliphatic carbocycles. The number of para-hydroxylation sites is 2. The lowest BCUT2D eigenvalue weighted by Crippen LogP contribution is -2.55. The number of carbonyl (C=O) groups excluding carboxylic acids is 1. The highest BCUT2D eigenvalue weighted by molar-refractivity contribution is 5.86. The summed E-state index contributed by atoms with van der Waals surface area (Å²) >= 11 is 0.